The summed E-state index contributed by atoms with van der Waals surface area (Å²) in [6.07, 6.45) is 0. The van der Waals surface area contributed by atoms with Crippen molar-refractivity contribution in [2.45, 2.75) is 13.2 Å². The van der Waals surface area contributed by atoms with Gasteiger partial charge in [-0.2, -0.15) is 0 Å². The summed E-state index contributed by atoms with van der Waals surface area (Å²) < 4.78 is 11.3. The summed E-state index contributed by atoms with van der Waals surface area (Å²) in [5, 5.41) is 6.30. The third kappa shape index (κ3) is 6.14. The lowest BCUT2D eigenvalue weighted by molar-refractivity contribution is 0.102. The fourth-order valence-electron chi connectivity index (χ4n) is 3.34. The molecule has 33 heavy (non-hydrogen) atoms. The molecule has 0 aliphatic carbocycles. The number of carbonyl (C=O) groups excluding carboxylic acids is 1. The van der Waals surface area contributed by atoms with Crippen LogP contribution in [0.4, 0.5) is 11.4 Å². The number of nitrogens with one attached hydrogen (secondary N) is 2. The van der Waals surface area contributed by atoms with Crippen molar-refractivity contribution in [2.24, 2.45) is 0 Å². The monoisotopic (exact) mass is 438 g/mol. The second-order valence-electron chi connectivity index (χ2n) is 7.51. The summed E-state index contributed by atoms with van der Waals surface area (Å²) in [6, 6.07) is 32.9. The van der Waals surface area contributed by atoms with E-state index in [0.717, 1.165) is 17.8 Å². The van der Waals surface area contributed by atoms with Crippen LogP contribution in [-0.4, -0.2) is 13.0 Å². The van der Waals surface area contributed by atoms with Gasteiger partial charge in [-0.05, 0) is 53.6 Å². The Balaban J connectivity index is 1.35. The van der Waals surface area contributed by atoms with E-state index in [1.54, 1.807) is 25.3 Å². The highest BCUT2D eigenvalue weighted by atomic mass is 16.5. The molecule has 0 aliphatic rings. The minimum atomic E-state index is -0.215. The molecule has 2 N–H and O–H groups in total. The molecule has 0 atom stereocenters. The number of rotatable bonds is 9. The molecule has 4 aromatic carbocycles. The van der Waals surface area contributed by atoms with E-state index in [-0.39, 0.29) is 5.91 Å². The van der Waals surface area contributed by atoms with Crippen molar-refractivity contribution < 1.29 is 14.3 Å². The highest BCUT2D eigenvalue weighted by molar-refractivity contribution is 6.04. The predicted octanol–water partition coefficient (Wildman–Crippen LogP) is 6.14. The van der Waals surface area contributed by atoms with E-state index in [0.29, 0.717) is 29.4 Å². The number of amides is 1. The third-order valence-corrected chi connectivity index (χ3v) is 5.15. The molecule has 0 saturated heterocycles. The van der Waals surface area contributed by atoms with Crippen LogP contribution < -0.4 is 20.1 Å². The number of carbonyl (C=O) groups is 1. The lowest BCUT2D eigenvalue weighted by atomic mass is 10.1. The molecule has 1 amide bonds. The average molecular weight is 439 g/mol. The van der Waals surface area contributed by atoms with Crippen LogP contribution in [0.15, 0.2) is 103 Å². The number of hydrogen-bond acceptors (Lipinski definition) is 4. The third-order valence-electron chi connectivity index (χ3n) is 5.15. The van der Waals surface area contributed by atoms with Crippen molar-refractivity contribution in [3.8, 4) is 11.5 Å². The van der Waals surface area contributed by atoms with Crippen molar-refractivity contribution in [3.05, 3.63) is 120 Å². The molecule has 0 aliphatic heterocycles. The van der Waals surface area contributed by atoms with Gasteiger partial charge in [0, 0.05) is 23.5 Å². The zero-order valence-electron chi connectivity index (χ0n) is 18.5. The first-order valence-electron chi connectivity index (χ1n) is 10.8. The maximum atomic E-state index is 12.7. The largest absolute Gasteiger partial charge is 0.493 e. The molecule has 0 radical (unpaired) electrons. The van der Waals surface area contributed by atoms with Crippen molar-refractivity contribution in [2.75, 3.05) is 17.7 Å². The van der Waals surface area contributed by atoms with Gasteiger partial charge in [0.05, 0.1) is 7.11 Å². The van der Waals surface area contributed by atoms with E-state index >= 15 is 0 Å². The standard InChI is InChI=1S/C28H26N2O3/c1-32-27-18-23(12-17-26(27)33-20-22-10-6-3-7-11-22)28(31)30-25-15-13-24(14-16-25)29-19-21-8-4-2-5-9-21/h2-18,29H,19-20H2,1H3,(H,30,31). The van der Waals surface area contributed by atoms with Gasteiger partial charge in [0.15, 0.2) is 11.5 Å². The van der Waals surface area contributed by atoms with Gasteiger partial charge in [-0.3, -0.25) is 4.79 Å². The number of ether oxygens (including phenoxy) is 2. The lowest BCUT2D eigenvalue weighted by Gasteiger charge is -2.13. The Morgan fingerprint density at radius 3 is 2.03 bits per heavy atom. The molecule has 0 aromatic heterocycles. The topological polar surface area (TPSA) is 59.6 Å². The van der Waals surface area contributed by atoms with Gasteiger partial charge >= 0.3 is 0 Å². The second-order valence-corrected chi connectivity index (χ2v) is 7.51. The number of hydrogen-bond donors (Lipinski definition) is 2. The van der Waals surface area contributed by atoms with E-state index in [4.69, 9.17) is 9.47 Å². The molecule has 0 unspecified atom stereocenters. The fourth-order valence-corrected chi connectivity index (χ4v) is 3.34. The van der Waals surface area contributed by atoms with Crippen LogP contribution in [0, 0.1) is 0 Å². The first kappa shape index (κ1) is 22.0. The Labute approximate surface area is 194 Å². The zero-order chi connectivity index (χ0) is 22.9. The van der Waals surface area contributed by atoms with E-state index in [9.17, 15) is 4.79 Å². The van der Waals surface area contributed by atoms with E-state index in [2.05, 4.69) is 22.8 Å². The van der Waals surface area contributed by atoms with Gasteiger partial charge in [-0.1, -0.05) is 60.7 Å². The number of benzene rings is 4. The fraction of sp³-hybridized carbons (Fsp3) is 0.107. The second kappa shape index (κ2) is 10.9. The smallest absolute Gasteiger partial charge is 0.255 e. The highest BCUT2D eigenvalue weighted by Crippen LogP contribution is 2.29. The summed E-state index contributed by atoms with van der Waals surface area (Å²) in [6.45, 7) is 1.17. The first-order valence-corrected chi connectivity index (χ1v) is 10.8. The molecule has 0 fully saturated rings. The van der Waals surface area contributed by atoms with Crippen LogP contribution in [0.1, 0.15) is 21.5 Å². The molecule has 0 saturated carbocycles. The Bertz CT molecular complexity index is 1180. The summed E-state index contributed by atoms with van der Waals surface area (Å²) >= 11 is 0. The van der Waals surface area contributed by atoms with Crippen molar-refractivity contribution >= 4 is 17.3 Å². The quantitative estimate of drug-likeness (QED) is 0.330. The maximum absolute atomic E-state index is 12.7. The Morgan fingerprint density at radius 1 is 0.727 bits per heavy atom. The molecule has 5 nitrogen and oxygen atoms in total. The van der Waals surface area contributed by atoms with E-state index < -0.39 is 0 Å². The SMILES string of the molecule is COc1cc(C(=O)Nc2ccc(NCc3ccccc3)cc2)ccc1OCc1ccccc1. The Morgan fingerprint density at radius 2 is 1.36 bits per heavy atom. The van der Waals surface area contributed by atoms with E-state index in [1.807, 2.05) is 72.8 Å². The molecule has 0 spiro atoms. The molecular formula is C28H26N2O3. The molecule has 0 heterocycles. The Hall–Kier alpha value is -4.25. The zero-order valence-corrected chi connectivity index (χ0v) is 18.5. The average Bonchev–Trinajstić information content (AvgIpc) is 2.88. The Kier molecular flexibility index (Phi) is 7.23. The van der Waals surface area contributed by atoms with Crippen LogP contribution in [0.2, 0.25) is 0 Å². The van der Waals surface area contributed by atoms with Gasteiger partial charge in [-0.15, -0.1) is 0 Å². The van der Waals surface area contributed by atoms with Gasteiger partial charge < -0.3 is 20.1 Å². The van der Waals surface area contributed by atoms with Crippen LogP contribution >= 0.6 is 0 Å². The number of anilines is 2. The lowest BCUT2D eigenvalue weighted by Crippen LogP contribution is -2.12. The van der Waals surface area contributed by atoms with Crippen LogP contribution in [-0.2, 0) is 13.2 Å². The van der Waals surface area contributed by atoms with E-state index in [1.165, 1.54) is 5.56 Å². The van der Waals surface area contributed by atoms with Crippen molar-refractivity contribution in [3.63, 3.8) is 0 Å². The summed E-state index contributed by atoms with van der Waals surface area (Å²) in [7, 11) is 1.56. The first-order chi connectivity index (χ1) is 16.2. The molecule has 166 valence electrons. The van der Waals surface area contributed by atoms with Gasteiger partial charge in [0.1, 0.15) is 6.61 Å². The molecule has 5 heteroatoms. The highest BCUT2D eigenvalue weighted by Gasteiger charge is 2.12. The van der Waals surface area contributed by atoms with Crippen LogP contribution in [0.5, 0.6) is 11.5 Å². The van der Waals surface area contributed by atoms with Crippen molar-refractivity contribution in [1.29, 1.82) is 0 Å². The van der Waals surface area contributed by atoms with Crippen LogP contribution in [0.25, 0.3) is 0 Å². The normalized spacial score (nSPS) is 10.3. The number of methoxy groups -OCH3 is 1. The van der Waals surface area contributed by atoms with Gasteiger partial charge in [0.25, 0.3) is 5.91 Å². The summed E-state index contributed by atoms with van der Waals surface area (Å²) in [4.78, 5) is 12.7. The minimum absolute atomic E-state index is 0.215. The molecule has 4 aromatic rings. The minimum Gasteiger partial charge on any atom is -0.493 e. The molecule has 4 rings (SSSR count). The summed E-state index contributed by atoms with van der Waals surface area (Å²) in [5.41, 5.74) is 4.46. The predicted molar refractivity (Wildman–Crippen MR) is 132 cm³/mol. The van der Waals surface area contributed by atoms with Crippen LogP contribution in [0.3, 0.4) is 0 Å². The van der Waals surface area contributed by atoms with Gasteiger partial charge in [0.2, 0.25) is 0 Å². The van der Waals surface area contributed by atoms with Crippen molar-refractivity contribution in [1.82, 2.24) is 0 Å². The summed E-state index contributed by atoms with van der Waals surface area (Å²) in [5.74, 6) is 0.888. The molecular weight excluding hydrogens is 412 g/mol. The maximum Gasteiger partial charge on any atom is 0.255 e. The van der Waals surface area contributed by atoms with Gasteiger partial charge in [-0.25, -0.2) is 0 Å². The molecule has 0 bridgehead atoms.